The highest BCUT2D eigenvalue weighted by molar-refractivity contribution is 9.10. The third-order valence-corrected chi connectivity index (χ3v) is 3.43. The first-order valence-corrected chi connectivity index (χ1v) is 6.46. The molecule has 0 spiro atoms. The molecule has 1 aromatic carbocycles. The molecule has 0 atom stereocenters. The number of carbonyl (C=O) groups excluding carboxylic acids is 1. The average Bonchev–Trinajstić information content (AvgIpc) is 2.28. The molecule has 0 heterocycles. The summed E-state index contributed by atoms with van der Waals surface area (Å²) in [6, 6.07) is 6.29. The van der Waals surface area contributed by atoms with E-state index in [1.54, 1.807) is 19.0 Å². The van der Waals surface area contributed by atoms with Crippen LogP contribution in [0.3, 0.4) is 0 Å². The smallest absolute Gasteiger partial charge is 0.223 e. The van der Waals surface area contributed by atoms with Crippen molar-refractivity contribution in [1.82, 2.24) is 10.2 Å². The molecule has 0 radical (unpaired) electrons. The number of hydrogen-bond donors (Lipinski definition) is 1. The molecule has 1 rings (SSSR count). The van der Waals surface area contributed by atoms with E-state index >= 15 is 0 Å². The first kappa shape index (κ1) is 14.2. The maximum atomic E-state index is 11.3. The standard InChI is InChI=1S/C13H19BrN2O/c1-10-4-5-11(8-12(10)14)9-15-7-6-13(17)16(2)3/h4-5,8,15H,6-7,9H2,1-3H3. The van der Waals surface area contributed by atoms with E-state index in [0.29, 0.717) is 13.0 Å². The van der Waals surface area contributed by atoms with Crippen LogP contribution in [0.15, 0.2) is 22.7 Å². The van der Waals surface area contributed by atoms with Gasteiger partial charge in [0.1, 0.15) is 0 Å². The van der Waals surface area contributed by atoms with Crippen LogP contribution in [0.2, 0.25) is 0 Å². The first-order valence-electron chi connectivity index (χ1n) is 5.66. The summed E-state index contributed by atoms with van der Waals surface area (Å²) in [5.41, 5.74) is 2.45. The second-order valence-electron chi connectivity index (χ2n) is 4.30. The molecule has 94 valence electrons. The molecule has 3 nitrogen and oxygen atoms in total. The predicted molar refractivity (Wildman–Crippen MR) is 73.9 cm³/mol. The van der Waals surface area contributed by atoms with Crippen LogP contribution in [0.1, 0.15) is 17.5 Å². The predicted octanol–water partition coefficient (Wildman–Crippen LogP) is 2.33. The van der Waals surface area contributed by atoms with Crippen LogP contribution in [0.5, 0.6) is 0 Å². The van der Waals surface area contributed by atoms with Crippen molar-refractivity contribution < 1.29 is 4.79 Å². The van der Waals surface area contributed by atoms with Gasteiger partial charge in [0.25, 0.3) is 0 Å². The molecule has 0 saturated carbocycles. The normalized spacial score (nSPS) is 10.4. The van der Waals surface area contributed by atoms with E-state index in [1.165, 1.54) is 11.1 Å². The first-order chi connectivity index (χ1) is 8.00. The van der Waals surface area contributed by atoms with E-state index in [9.17, 15) is 4.79 Å². The lowest BCUT2D eigenvalue weighted by molar-refractivity contribution is -0.128. The molecule has 0 aromatic heterocycles. The second-order valence-corrected chi connectivity index (χ2v) is 5.15. The van der Waals surface area contributed by atoms with Gasteiger partial charge in [-0.1, -0.05) is 28.1 Å². The zero-order valence-corrected chi connectivity index (χ0v) is 12.2. The second kappa shape index (κ2) is 6.77. The summed E-state index contributed by atoms with van der Waals surface area (Å²) in [4.78, 5) is 12.9. The van der Waals surface area contributed by atoms with Crippen molar-refractivity contribution in [3.8, 4) is 0 Å². The largest absolute Gasteiger partial charge is 0.349 e. The highest BCUT2D eigenvalue weighted by Crippen LogP contribution is 2.17. The summed E-state index contributed by atoms with van der Waals surface area (Å²) in [5.74, 6) is 0.155. The Morgan fingerprint density at radius 3 is 2.71 bits per heavy atom. The lowest BCUT2D eigenvalue weighted by Gasteiger charge is -2.10. The molecular weight excluding hydrogens is 280 g/mol. The number of benzene rings is 1. The van der Waals surface area contributed by atoms with Crippen molar-refractivity contribution in [3.63, 3.8) is 0 Å². The van der Waals surface area contributed by atoms with E-state index in [4.69, 9.17) is 0 Å². The topological polar surface area (TPSA) is 32.3 Å². The molecule has 1 amide bonds. The molecular formula is C13H19BrN2O. The van der Waals surface area contributed by atoms with Gasteiger partial charge in [0.05, 0.1) is 0 Å². The summed E-state index contributed by atoms with van der Waals surface area (Å²) in [6.07, 6.45) is 0.542. The van der Waals surface area contributed by atoms with Crippen molar-refractivity contribution in [2.45, 2.75) is 19.9 Å². The number of aryl methyl sites for hydroxylation is 1. The highest BCUT2D eigenvalue weighted by Gasteiger charge is 2.02. The number of nitrogens with one attached hydrogen (secondary N) is 1. The fourth-order valence-electron chi connectivity index (χ4n) is 1.40. The number of rotatable bonds is 5. The van der Waals surface area contributed by atoms with Crippen molar-refractivity contribution in [3.05, 3.63) is 33.8 Å². The molecule has 0 bridgehead atoms. The van der Waals surface area contributed by atoms with E-state index in [1.807, 2.05) is 0 Å². The van der Waals surface area contributed by atoms with Crippen molar-refractivity contribution in [2.75, 3.05) is 20.6 Å². The van der Waals surface area contributed by atoms with E-state index in [2.05, 4.69) is 46.4 Å². The van der Waals surface area contributed by atoms with Crippen molar-refractivity contribution >= 4 is 21.8 Å². The third-order valence-electron chi connectivity index (χ3n) is 2.58. The summed E-state index contributed by atoms with van der Waals surface area (Å²) in [7, 11) is 3.55. The van der Waals surface area contributed by atoms with Gasteiger partial charge < -0.3 is 10.2 Å². The molecule has 0 fully saturated rings. The minimum atomic E-state index is 0.155. The Morgan fingerprint density at radius 2 is 2.12 bits per heavy atom. The minimum absolute atomic E-state index is 0.155. The number of carbonyl (C=O) groups is 1. The Hall–Kier alpha value is -0.870. The molecule has 0 aliphatic carbocycles. The number of nitrogens with zero attached hydrogens (tertiary/aromatic N) is 1. The summed E-state index contributed by atoms with van der Waals surface area (Å²) in [6.45, 7) is 3.57. The van der Waals surface area contributed by atoms with Crippen LogP contribution < -0.4 is 5.32 Å². The van der Waals surface area contributed by atoms with E-state index < -0.39 is 0 Å². The Morgan fingerprint density at radius 1 is 1.41 bits per heavy atom. The van der Waals surface area contributed by atoms with Crippen molar-refractivity contribution in [2.24, 2.45) is 0 Å². The lowest BCUT2D eigenvalue weighted by Crippen LogP contribution is -2.26. The Bertz CT molecular complexity index is 391. The summed E-state index contributed by atoms with van der Waals surface area (Å²) < 4.78 is 1.13. The summed E-state index contributed by atoms with van der Waals surface area (Å²) in [5, 5.41) is 3.27. The minimum Gasteiger partial charge on any atom is -0.349 e. The molecule has 17 heavy (non-hydrogen) atoms. The van der Waals surface area contributed by atoms with Crippen LogP contribution >= 0.6 is 15.9 Å². The Kier molecular flexibility index (Phi) is 5.65. The van der Waals surface area contributed by atoms with Crippen LogP contribution in [0.4, 0.5) is 0 Å². The van der Waals surface area contributed by atoms with E-state index in [-0.39, 0.29) is 5.91 Å². The number of hydrogen-bond acceptors (Lipinski definition) is 2. The molecule has 1 aromatic rings. The van der Waals surface area contributed by atoms with Crippen LogP contribution in [-0.4, -0.2) is 31.4 Å². The van der Waals surface area contributed by atoms with Gasteiger partial charge in [0.15, 0.2) is 0 Å². The zero-order chi connectivity index (χ0) is 12.8. The van der Waals surface area contributed by atoms with Gasteiger partial charge >= 0.3 is 0 Å². The molecule has 0 saturated heterocycles. The fourth-order valence-corrected chi connectivity index (χ4v) is 1.82. The van der Waals surface area contributed by atoms with Gasteiger partial charge in [-0.25, -0.2) is 0 Å². The van der Waals surface area contributed by atoms with E-state index in [0.717, 1.165) is 11.0 Å². The van der Waals surface area contributed by atoms with Gasteiger partial charge in [-0.15, -0.1) is 0 Å². The van der Waals surface area contributed by atoms with Gasteiger partial charge in [0, 0.05) is 38.1 Å². The quantitative estimate of drug-likeness (QED) is 0.846. The molecule has 0 unspecified atom stereocenters. The lowest BCUT2D eigenvalue weighted by atomic mass is 10.1. The van der Waals surface area contributed by atoms with Crippen molar-refractivity contribution in [1.29, 1.82) is 0 Å². The molecule has 4 heteroatoms. The number of amides is 1. The van der Waals surface area contributed by atoms with Gasteiger partial charge in [0.2, 0.25) is 5.91 Å². The van der Waals surface area contributed by atoms with Crippen LogP contribution in [0.25, 0.3) is 0 Å². The zero-order valence-electron chi connectivity index (χ0n) is 10.6. The third kappa shape index (κ3) is 4.88. The monoisotopic (exact) mass is 298 g/mol. The molecule has 0 aliphatic heterocycles. The number of halogens is 1. The Balaban J connectivity index is 2.31. The summed E-state index contributed by atoms with van der Waals surface area (Å²) >= 11 is 3.51. The van der Waals surface area contributed by atoms with Gasteiger partial charge in [-0.3, -0.25) is 4.79 Å². The SMILES string of the molecule is Cc1ccc(CNCCC(=O)N(C)C)cc1Br. The van der Waals surface area contributed by atoms with Crippen LogP contribution in [-0.2, 0) is 11.3 Å². The maximum Gasteiger partial charge on any atom is 0.223 e. The van der Waals surface area contributed by atoms with Gasteiger partial charge in [-0.2, -0.15) is 0 Å². The van der Waals surface area contributed by atoms with Crippen LogP contribution in [0, 0.1) is 6.92 Å². The highest BCUT2D eigenvalue weighted by atomic mass is 79.9. The average molecular weight is 299 g/mol. The molecule has 1 N–H and O–H groups in total. The van der Waals surface area contributed by atoms with Gasteiger partial charge in [-0.05, 0) is 24.1 Å². The Labute approximate surface area is 111 Å². The fraction of sp³-hybridized carbons (Fsp3) is 0.462. The molecule has 0 aliphatic rings. The maximum absolute atomic E-state index is 11.3.